The molecule has 0 aliphatic carbocycles. The third-order valence-electron chi connectivity index (χ3n) is 3.86. The molecule has 0 aromatic heterocycles. The molecular formula is C18H22ClFN3OS+. The van der Waals surface area contributed by atoms with Crippen LogP contribution in [-0.2, 0) is 0 Å². The van der Waals surface area contributed by atoms with E-state index < -0.39 is 5.82 Å². The fourth-order valence-corrected chi connectivity index (χ4v) is 2.91. The van der Waals surface area contributed by atoms with Gasteiger partial charge in [-0.15, -0.1) is 0 Å². The van der Waals surface area contributed by atoms with E-state index in [9.17, 15) is 4.39 Å². The van der Waals surface area contributed by atoms with Crippen LogP contribution in [0.3, 0.4) is 0 Å². The first-order valence-electron chi connectivity index (χ1n) is 7.85. The highest BCUT2D eigenvalue weighted by Crippen LogP contribution is 2.23. The maximum Gasteiger partial charge on any atom is 0.171 e. The van der Waals surface area contributed by atoms with Gasteiger partial charge in [0.25, 0.3) is 0 Å². The zero-order valence-corrected chi connectivity index (χ0v) is 16.0. The minimum atomic E-state index is -0.460. The van der Waals surface area contributed by atoms with Gasteiger partial charge in [0.2, 0.25) is 0 Å². The van der Waals surface area contributed by atoms with Crippen LogP contribution in [0.1, 0.15) is 11.6 Å². The second kappa shape index (κ2) is 8.99. The van der Waals surface area contributed by atoms with Gasteiger partial charge < -0.3 is 20.3 Å². The van der Waals surface area contributed by atoms with E-state index in [4.69, 9.17) is 28.6 Å². The fourth-order valence-electron chi connectivity index (χ4n) is 2.52. The number of thiocarbonyl (C=S) groups is 1. The van der Waals surface area contributed by atoms with Crippen molar-refractivity contribution in [2.75, 3.05) is 33.1 Å². The van der Waals surface area contributed by atoms with E-state index in [0.29, 0.717) is 17.3 Å². The van der Waals surface area contributed by atoms with Crippen LogP contribution in [0.2, 0.25) is 5.02 Å². The number of rotatable bonds is 6. The molecule has 0 amide bonds. The molecule has 0 aliphatic heterocycles. The Balaban J connectivity index is 2.03. The van der Waals surface area contributed by atoms with Crippen molar-refractivity contribution in [3.05, 3.63) is 58.9 Å². The van der Waals surface area contributed by atoms with Gasteiger partial charge in [-0.1, -0.05) is 23.7 Å². The predicted molar refractivity (Wildman–Crippen MR) is 104 cm³/mol. The first-order chi connectivity index (χ1) is 11.9. The Morgan fingerprint density at radius 2 is 2.00 bits per heavy atom. The van der Waals surface area contributed by atoms with Crippen LogP contribution in [0.5, 0.6) is 5.75 Å². The predicted octanol–water partition coefficient (Wildman–Crippen LogP) is 2.66. The molecule has 3 N–H and O–H groups in total. The summed E-state index contributed by atoms with van der Waals surface area (Å²) < 4.78 is 18.7. The smallest absolute Gasteiger partial charge is 0.171 e. The number of methoxy groups -OCH3 is 1. The monoisotopic (exact) mass is 382 g/mol. The van der Waals surface area contributed by atoms with E-state index >= 15 is 0 Å². The minimum Gasteiger partial charge on any atom is -0.496 e. The summed E-state index contributed by atoms with van der Waals surface area (Å²) >= 11 is 11.1. The van der Waals surface area contributed by atoms with Gasteiger partial charge >= 0.3 is 0 Å². The number of anilines is 1. The molecule has 0 fully saturated rings. The van der Waals surface area contributed by atoms with E-state index in [1.807, 2.05) is 18.2 Å². The third-order valence-corrected chi connectivity index (χ3v) is 4.39. The Hall–Kier alpha value is -1.89. The number of likely N-dealkylation sites (N-methyl/N-ethyl adjacent to an activating group) is 1. The highest BCUT2D eigenvalue weighted by molar-refractivity contribution is 7.80. The van der Waals surface area contributed by atoms with E-state index in [0.717, 1.165) is 11.3 Å². The lowest BCUT2D eigenvalue weighted by atomic mass is 10.0. The van der Waals surface area contributed by atoms with E-state index in [2.05, 4.69) is 30.8 Å². The minimum absolute atomic E-state index is 0.0532. The molecule has 2 aromatic carbocycles. The van der Waals surface area contributed by atoms with Gasteiger partial charge in [-0.2, -0.15) is 0 Å². The lowest BCUT2D eigenvalue weighted by Crippen LogP contribution is -3.07. The Bertz CT molecular complexity index is 742. The summed E-state index contributed by atoms with van der Waals surface area (Å²) in [6, 6.07) is 12.5. The average molecular weight is 383 g/mol. The number of hydrogen-bond donors (Lipinski definition) is 3. The highest BCUT2D eigenvalue weighted by atomic mass is 35.5. The van der Waals surface area contributed by atoms with Gasteiger partial charge in [0, 0.05) is 5.69 Å². The molecule has 0 unspecified atom stereocenters. The molecule has 4 nitrogen and oxygen atoms in total. The highest BCUT2D eigenvalue weighted by Gasteiger charge is 2.21. The largest absolute Gasteiger partial charge is 0.496 e. The van der Waals surface area contributed by atoms with Gasteiger partial charge in [-0.25, -0.2) is 4.39 Å². The van der Waals surface area contributed by atoms with E-state index in [-0.39, 0.29) is 11.1 Å². The second-order valence-corrected chi connectivity index (χ2v) is 6.65. The molecule has 2 aromatic rings. The van der Waals surface area contributed by atoms with Gasteiger partial charge in [-0.05, 0) is 42.5 Å². The van der Waals surface area contributed by atoms with E-state index in [1.54, 1.807) is 13.2 Å². The molecule has 0 radical (unpaired) electrons. The number of hydrogen-bond acceptors (Lipinski definition) is 2. The quantitative estimate of drug-likeness (QED) is 0.671. The van der Waals surface area contributed by atoms with E-state index in [1.165, 1.54) is 17.0 Å². The Labute approximate surface area is 157 Å². The summed E-state index contributed by atoms with van der Waals surface area (Å²) in [5.41, 5.74) is 1.74. The molecule has 0 spiro atoms. The summed E-state index contributed by atoms with van der Waals surface area (Å²) in [5.74, 6) is 0.387. The van der Waals surface area contributed by atoms with Crippen LogP contribution in [0.15, 0.2) is 42.5 Å². The molecule has 134 valence electrons. The number of ether oxygens (including phenoxy) is 1. The molecule has 0 aliphatic rings. The lowest BCUT2D eigenvalue weighted by molar-refractivity contribution is -0.890. The molecular weight excluding hydrogens is 361 g/mol. The second-order valence-electron chi connectivity index (χ2n) is 5.84. The van der Waals surface area contributed by atoms with Gasteiger partial charge in [0.05, 0.1) is 38.3 Å². The third kappa shape index (κ3) is 5.29. The van der Waals surface area contributed by atoms with Crippen LogP contribution < -0.4 is 20.3 Å². The zero-order chi connectivity index (χ0) is 18.4. The molecule has 2 rings (SSSR count). The molecule has 0 heterocycles. The Kier molecular flexibility index (Phi) is 6.99. The molecule has 0 bridgehead atoms. The lowest BCUT2D eigenvalue weighted by Gasteiger charge is -2.24. The van der Waals surface area contributed by atoms with Gasteiger partial charge in [-0.3, -0.25) is 0 Å². The maximum absolute atomic E-state index is 13.2. The standard InChI is InChI=1S/C18H21ClFN3OS/c1-23(2)16(13-6-4-5-7-17(13)24-3)11-21-18(25)22-12-8-9-15(20)14(19)10-12/h4-10,16H,11H2,1-3H3,(H2,21,22,25)/p+1/t16-/m1/s1. The molecule has 0 saturated heterocycles. The number of halogens is 2. The van der Waals surface area contributed by atoms with Crippen LogP contribution in [-0.4, -0.2) is 32.9 Å². The van der Waals surface area contributed by atoms with Crippen molar-refractivity contribution in [3.63, 3.8) is 0 Å². The maximum atomic E-state index is 13.2. The van der Waals surface area contributed by atoms with Gasteiger partial charge in [0.1, 0.15) is 17.6 Å². The summed E-state index contributed by atoms with van der Waals surface area (Å²) in [4.78, 5) is 1.24. The molecule has 0 saturated carbocycles. The van der Waals surface area contributed by atoms with Crippen molar-refractivity contribution in [1.29, 1.82) is 0 Å². The number of para-hydroxylation sites is 1. The van der Waals surface area contributed by atoms with Crippen LogP contribution in [0.25, 0.3) is 0 Å². The van der Waals surface area contributed by atoms with Crippen LogP contribution in [0, 0.1) is 5.82 Å². The summed E-state index contributed by atoms with van der Waals surface area (Å²) in [6.45, 7) is 0.615. The summed E-state index contributed by atoms with van der Waals surface area (Å²) in [7, 11) is 5.82. The van der Waals surface area contributed by atoms with Crippen molar-refractivity contribution in [2.45, 2.75) is 6.04 Å². The molecule has 25 heavy (non-hydrogen) atoms. The van der Waals surface area contributed by atoms with Crippen LogP contribution in [0.4, 0.5) is 10.1 Å². The van der Waals surface area contributed by atoms with Gasteiger partial charge in [0.15, 0.2) is 5.11 Å². The topological polar surface area (TPSA) is 37.7 Å². The van der Waals surface area contributed by atoms with Crippen molar-refractivity contribution in [3.8, 4) is 5.75 Å². The number of quaternary nitrogens is 1. The summed E-state index contributed by atoms with van der Waals surface area (Å²) in [6.07, 6.45) is 0. The normalized spacial score (nSPS) is 11.9. The molecule has 1 atom stereocenters. The van der Waals surface area contributed by atoms with Crippen LogP contribution >= 0.6 is 23.8 Å². The summed E-state index contributed by atoms with van der Waals surface area (Å²) in [5, 5.41) is 6.72. The zero-order valence-electron chi connectivity index (χ0n) is 14.4. The SMILES string of the molecule is COc1ccccc1[C@@H](CNC(=S)Nc1ccc(F)c(Cl)c1)[NH+](C)C. The first-order valence-corrected chi connectivity index (χ1v) is 8.64. The Morgan fingerprint density at radius 3 is 2.64 bits per heavy atom. The molecule has 7 heteroatoms. The first kappa shape index (κ1) is 19.4. The number of nitrogens with one attached hydrogen (secondary N) is 3. The van der Waals surface area contributed by atoms with Crippen molar-refractivity contribution in [1.82, 2.24) is 5.32 Å². The van der Waals surface area contributed by atoms with Crippen molar-refractivity contribution in [2.24, 2.45) is 0 Å². The number of benzene rings is 2. The average Bonchev–Trinajstić information content (AvgIpc) is 2.58. The van der Waals surface area contributed by atoms with Crippen molar-refractivity contribution < 1.29 is 14.0 Å². The Morgan fingerprint density at radius 1 is 1.28 bits per heavy atom. The fraction of sp³-hybridized carbons (Fsp3) is 0.278. The van der Waals surface area contributed by atoms with Crippen molar-refractivity contribution >= 4 is 34.6 Å².